The van der Waals surface area contributed by atoms with Gasteiger partial charge in [0.25, 0.3) is 11.8 Å². The molecule has 1 aliphatic heterocycles. The van der Waals surface area contributed by atoms with Gasteiger partial charge in [-0.3, -0.25) is 14.4 Å². The molecule has 2 aromatic carbocycles. The molecule has 3 amide bonds. The summed E-state index contributed by atoms with van der Waals surface area (Å²) in [5.74, 6) is -0.234. The number of quaternary nitrogens is 1. The molecule has 3 N–H and O–H groups in total. The van der Waals surface area contributed by atoms with E-state index in [1.807, 2.05) is 50.4 Å². The molecule has 0 aromatic heterocycles. The van der Waals surface area contributed by atoms with Crippen molar-refractivity contribution in [2.24, 2.45) is 0 Å². The molecule has 2 atom stereocenters. The number of nitrogens with one attached hydrogen (secondary N) is 3. The molecule has 0 saturated carbocycles. The van der Waals surface area contributed by atoms with Crippen molar-refractivity contribution >= 4 is 29.1 Å². The molecule has 1 aliphatic rings. The Kier molecular flexibility index (Phi) is 6.29. The number of carbonyl (C=O) groups is 3. The summed E-state index contributed by atoms with van der Waals surface area (Å²) in [5, 5.41) is 5.48. The van der Waals surface area contributed by atoms with Gasteiger partial charge in [-0.2, -0.15) is 0 Å². The van der Waals surface area contributed by atoms with Crippen LogP contribution in [0.1, 0.15) is 29.3 Å². The molecule has 152 valence electrons. The summed E-state index contributed by atoms with van der Waals surface area (Å²) >= 11 is 0. The second-order valence-corrected chi connectivity index (χ2v) is 7.47. The maximum atomic E-state index is 13.1. The zero-order chi connectivity index (χ0) is 21.0. The van der Waals surface area contributed by atoms with E-state index in [4.69, 9.17) is 0 Å². The van der Waals surface area contributed by atoms with Crippen LogP contribution in [0.4, 0.5) is 11.4 Å². The number of benzene rings is 2. The maximum Gasteiger partial charge on any atom is 0.282 e. The molecule has 7 nitrogen and oxygen atoms in total. The van der Waals surface area contributed by atoms with E-state index in [2.05, 4.69) is 10.6 Å². The summed E-state index contributed by atoms with van der Waals surface area (Å²) in [7, 11) is 3.56. The number of likely N-dealkylation sites (N-methyl/N-ethyl adjacent to an activating group) is 1. The van der Waals surface area contributed by atoms with Gasteiger partial charge in [-0.05, 0) is 31.2 Å². The van der Waals surface area contributed by atoms with Crippen molar-refractivity contribution in [1.82, 2.24) is 5.32 Å². The molecule has 3 rings (SSSR count). The molecular weight excluding hydrogens is 368 g/mol. The Balaban J connectivity index is 1.70. The van der Waals surface area contributed by atoms with E-state index in [-0.39, 0.29) is 30.2 Å². The highest BCUT2D eigenvalue weighted by molar-refractivity contribution is 6.04. The number of fused-ring (bicyclic) bond motifs is 1. The second kappa shape index (κ2) is 8.87. The zero-order valence-electron chi connectivity index (χ0n) is 17.0. The van der Waals surface area contributed by atoms with Crippen molar-refractivity contribution in [3.8, 4) is 0 Å². The van der Waals surface area contributed by atoms with Crippen LogP contribution in [0.5, 0.6) is 0 Å². The minimum atomic E-state index is -0.217. The minimum absolute atomic E-state index is 0.0269. The fraction of sp³-hybridized carbons (Fsp3) is 0.318. The lowest BCUT2D eigenvalue weighted by atomic mass is 10.1. The molecule has 1 heterocycles. The fourth-order valence-corrected chi connectivity index (χ4v) is 3.64. The average molecular weight is 395 g/mol. The lowest BCUT2D eigenvalue weighted by Crippen LogP contribution is -3.09. The van der Waals surface area contributed by atoms with Crippen LogP contribution in [-0.2, 0) is 16.1 Å². The number of carbonyl (C=O) groups excluding carboxylic acids is 3. The van der Waals surface area contributed by atoms with Crippen molar-refractivity contribution in [3.05, 3.63) is 59.7 Å². The average Bonchev–Trinajstić information content (AvgIpc) is 2.81. The number of para-hydroxylation sites is 2. The predicted molar refractivity (Wildman–Crippen MR) is 112 cm³/mol. The highest BCUT2D eigenvalue weighted by Crippen LogP contribution is 2.31. The summed E-state index contributed by atoms with van der Waals surface area (Å²) in [4.78, 5) is 39.6. The van der Waals surface area contributed by atoms with Crippen molar-refractivity contribution in [3.63, 3.8) is 0 Å². The van der Waals surface area contributed by atoms with Crippen LogP contribution in [-0.4, -0.2) is 44.4 Å². The molecule has 0 aliphatic carbocycles. The van der Waals surface area contributed by atoms with Crippen molar-refractivity contribution in [2.45, 2.75) is 25.9 Å². The Hall–Kier alpha value is -3.19. The van der Waals surface area contributed by atoms with Gasteiger partial charge in [-0.15, -0.1) is 0 Å². The van der Waals surface area contributed by atoms with Crippen LogP contribution in [0.3, 0.4) is 0 Å². The largest absolute Gasteiger partial charge is 0.355 e. The van der Waals surface area contributed by atoms with Gasteiger partial charge in [0.2, 0.25) is 5.91 Å². The highest BCUT2D eigenvalue weighted by atomic mass is 16.2. The zero-order valence-corrected chi connectivity index (χ0v) is 17.0. The number of amides is 3. The number of hydrogen-bond acceptors (Lipinski definition) is 3. The number of anilines is 2. The first-order valence-electron chi connectivity index (χ1n) is 9.72. The number of nitrogens with zero attached hydrogens (tertiary/aromatic N) is 1. The molecule has 0 radical (unpaired) electrons. The Bertz CT molecular complexity index is 911. The summed E-state index contributed by atoms with van der Waals surface area (Å²) in [6.45, 7) is 2.84. The van der Waals surface area contributed by atoms with Gasteiger partial charge in [-0.1, -0.05) is 24.3 Å². The van der Waals surface area contributed by atoms with E-state index in [0.717, 1.165) is 16.2 Å². The van der Waals surface area contributed by atoms with E-state index >= 15 is 0 Å². The third kappa shape index (κ3) is 4.81. The van der Waals surface area contributed by atoms with Gasteiger partial charge in [0.05, 0.1) is 18.4 Å². The molecule has 0 saturated heterocycles. The van der Waals surface area contributed by atoms with Crippen LogP contribution in [0.2, 0.25) is 0 Å². The van der Waals surface area contributed by atoms with Gasteiger partial charge in [0.1, 0.15) is 6.54 Å². The van der Waals surface area contributed by atoms with E-state index < -0.39 is 0 Å². The summed E-state index contributed by atoms with van der Waals surface area (Å²) in [6, 6.07) is 14.6. The molecular formula is C22H27N4O3+. The SMILES string of the molecule is CNC(=O)c1ccc(C[NH+](C)CC(=O)N2c3ccccc3NC(=O)C[C@@H]2C)cc1. The minimum Gasteiger partial charge on any atom is -0.355 e. The number of hydrogen-bond donors (Lipinski definition) is 3. The van der Waals surface area contributed by atoms with Gasteiger partial charge in [0.15, 0.2) is 6.54 Å². The maximum absolute atomic E-state index is 13.1. The first kappa shape index (κ1) is 20.5. The van der Waals surface area contributed by atoms with E-state index in [1.54, 1.807) is 24.1 Å². The molecule has 0 spiro atoms. The third-order valence-electron chi connectivity index (χ3n) is 5.03. The van der Waals surface area contributed by atoms with Crippen molar-refractivity contribution < 1.29 is 19.3 Å². The summed E-state index contributed by atoms with van der Waals surface area (Å²) in [6.07, 6.45) is 0.264. The van der Waals surface area contributed by atoms with Crippen molar-refractivity contribution in [1.29, 1.82) is 0 Å². The van der Waals surface area contributed by atoms with Gasteiger partial charge in [0, 0.05) is 30.6 Å². The lowest BCUT2D eigenvalue weighted by molar-refractivity contribution is -0.885. The molecule has 1 unspecified atom stereocenters. The molecule has 0 bridgehead atoms. The summed E-state index contributed by atoms with van der Waals surface area (Å²) in [5.41, 5.74) is 3.05. The standard InChI is InChI=1S/C22H26N4O3/c1-15-12-20(27)24-18-6-4-5-7-19(18)26(15)21(28)14-25(3)13-16-8-10-17(11-9-16)22(29)23-2/h4-11,15H,12-14H2,1-3H3,(H,23,29)(H,24,27)/p+1/t15-/m0/s1. The van der Waals surface area contributed by atoms with E-state index in [9.17, 15) is 14.4 Å². The van der Waals surface area contributed by atoms with Crippen LogP contribution >= 0.6 is 0 Å². The van der Waals surface area contributed by atoms with Gasteiger partial charge >= 0.3 is 0 Å². The quantitative estimate of drug-likeness (QED) is 0.701. The smallest absolute Gasteiger partial charge is 0.282 e. The molecule has 2 aromatic rings. The first-order valence-corrected chi connectivity index (χ1v) is 9.72. The Labute approximate surface area is 170 Å². The Morgan fingerprint density at radius 2 is 1.86 bits per heavy atom. The fourth-order valence-electron chi connectivity index (χ4n) is 3.64. The van der Waals surface area contributed by atoms with Crippen LogP contribution in [0.15, 0.2) is 48.5 Å². The number of rotatable bonds is 5. The predicted octanol–water partition coefficient (Wildman–Crippen LogP) is 0.825. The molecule has 7 heteroatoms. The van der Waals surface area contributed by atoms with E-state index in [0.29, 0.717) is 24.3 Å². The summed E-state index contributed by atoms with van der Waals surface area (Å²) < 4.78 is 0. The van der Waals surface area contributed by atoms with Crippen LogP contribution in [0, 0.1) is 0 Å². The van der Waals surface area contributed by atoms with Crippen LogP contribution < -0.4 is 20.4 Å². The molecule has 0 fully saturated rings. The topological polar surface area (TPSA) is 82.9 Å². The van der Waals surface area contributed by atoms with Crippen molar-refractivity contribution in [2.75, 3.05) is 30.9 Å². The third-order valence-corrected chi connectivity index (χ3v) is 5.03. The second-order valence-electron chi connectivity index (χ2n) is 7.47. The van der Waals surface area contributed by atoms with E-state index in [1.165, 1.54) is 0 Å². The van der Waals surface area contributed by atoms with Gasteiger partial charge < -0.3 is 20.4 Å². The first-order chi connectivity index (χ1) is 13.9. The highest BCUT2D eigenvalue weighted by Gasteiger charge is 2.30. The lowest BCUT2D eigenvalue weighted by Gasteiger charge is -2.28. The van der Waals surface area contributed by atoms with Crippen LogP contribution in [0.25, 0.3) is 0 Å². The Morgan fingerprint density at radius 1 is 1.17 bits per heavy atom. The normalized spacial score (nSPS) is 17.0. The molecule has 29 heavy (non-hydrogen) atoms. The Morgan fingerprint density at radius 3 is 2.55 bits per heavy atom. The monoisotopic (exact) mass is 395 g/mol. The van der Waals surface area contributed by atoms with Gasteiger partial charge in [-0.25, -0.2) is 0 Å².